The summed E-state index contributed by atoms with van der Waals surface area (Å²) in [6.45, 7) is 0.307. The highest BCUT2D eigenvalue weighted by Gasteiger charge is 2.06. The summed E-state index contributed by atoms with van der Waals surface area (Å²) in [6, 6.07) is 19.3. The first kappa shape index (κ1) is 16.6. The molecule has 2 aromatic carbocycles. The fraction of sp³-hybridized carbons (Fsp3) is 0.105. The molecular weight excluding hydrogens is 319 g/mol. The quantitative estimate of drug-likeness (QED) is 0.724. The van der Waals surface area contributed by atoms with Gasteiger partial charge in [-0.05, 0) is 23.8 Å². The summed E-state index contributed by atoms with van der Waals surface area (Å²) >= 11 is 0. The van der Waals surface area contributed by atoms with Crippen LogP contribution in [-0.2, 0) is 17.8 Å². The van der Waals surface area contributed by atoms with E-state index in [1.54, 1.807) is 30.3 Å². The average Bonchev–Trinajstić information content (AvgIpc) is 2.63. The van der Waals surface area contributed by atoms with Gasteiger partial charge in [-0.15, -0.1) is 10.2 Å². The number of nitrogens with one attached hydrogen (secondary N) is 2. The minimum absolute atomic E-state index is 0.160. The van der Waals surface area contributed by atoms with Gasteiger partial charge < -0.3 is 10.6 Å². The van der Waals surface area contributed by atoms with E-state index in [1.807, 2.05) is 30.3 Å². The largest absolute Gasteiger partial charge is 0.364 e. The van der Waals surface area contributed by atoms with Crippen LogP contribution in [-0.4, -0.2) is 16.1 Å². The predicted molar refractivity (Wildman–Crippen MR) is 94.5 cm³/mol. The lowest BCUT2D eigenvalue weighted by Gasteiger charge is -2.07. The highest BCUT2D eigenvalue weighted by molar-refractivity contribution is 5.91. The molecular formula is C19H17FN4O. The van der Waals surface area contributed by atoms with Crippen molar-refractivity contribution >= 4 is 17.5 Å². The topological polar surface area (TPSA) is 66.9 Å². The van der Waals surface area contributed by atoms with Gasteiger partial charge in [0.05, 0.1) is 6.42 Å². The molecule has 0 bridgehead atoms. The Hall–Kier alpha value is -3.28. The van der Waals surface area contributed by atoms with Gasteiger partial charge in [-0.1, -0.05) is 48.5 Å². The molecule has 6 heteroatoms. The normalized spacial score (nSPS) is 10.3. The minimum atomic E-state index is -0.271. The van der Waals surface area contributed by atoms with Crippen molar-refractivity contribution in [2.45, 2.75) is 13.0 Å². The first-order valence-electron chi connectivity index (χ1n) is 7.85. The Morgan fingerprint density at radius 1 is 0.880 bits per heavy atom. The van der Waals surface area contributed by atoms with E-state index in [4.69, 9.17) is 0 Å². The Morgan fingerprint density at radius 2 is 1.56 bits per heavy atom. The van der Waals surface area contributed by atoms with Gasteiger partial charge in [-0.2, -0.15) is 0 Å². The molecule has 25 heavy (non-hydrogen) atoms. The molecule has 1 heterocycles. The standard InChI is InChI=1S/C19H17FN4O/c20-16-9-5-4-8-15(16)13-21-17-10-11-18(24-23-17)22-19(25)12-14-6-2-1-3-7-14/h1-11H,12-13H2,(H,21,23)(H,22,24,25). The van der Waals surface area contributed by atoms with Crippen LogP contribution in [0, 0.1) is 5.82 Å². The number of hydrogen-bond acceptors (Lipinski definition) is 4. The molecule has 1 amide bonds. The molecule has 0 aliphatic carbocycles. The molecule has 0 saturated heterocycles. The number of anilines is 2. The van der Waals surface area contributed by atoms with E-state index in [0.717, 1.165) is 5.56 Å². The lowest BCUT2D eigenvalue weighted by Crippen LogP contribution is -2.15. The molecule has 0 aliphatic heterocycles. The molecule has 0 unspecified atom stereocenters. The van der Waals surface area contributed by atoms with Crippen molar-refractivity contribution in [1.82, 2.24) is 10.2 Å². The Balaban J connectivity index is 1.53. The van der Waals surface area contributed by atoms with Crippen molar-refractivity contribution in [3.8, 4) is 0 Å². The van der Waals surface area contributed by atoms with Gasteiger partial charge in [0.1, 0.15) is 11.6 Å². The van der Waals surface area contributed by atoms with E-state index in [9.17, 15) is 9.18 Å². The summed E-state index contributed by atoms with van der Waals surface area (Å²) in [4.78, 5) is 12.0. The zero-order valence-corrected chi connectivity index (χ0v) is 13.4. The number of rotatable bonds is 6. The summed E-state index contributed by atoms with van der Waals surface area (Å²) in [6.07, 6.45) is 0.274. The maximum Gasteiger partial charge on any atom is 0.229 e. The molecule has 3 rings (SSSR count). The van der Waals surface area contributed by atoms with Crippen LogP contribution in [0.4, 0.5) is 16.0 Å². The van der Waals surface area contributed by atoms with Gasteiger partial charge in [0.15, 0.2) is 5.82 Å². The number of amides is 1. The van der Waals surface area contributed by atoms with Crippen LogP contribution >= 0.6 is 0 Å². The molecule has 0 saturated carbocycles. The monoisotopic (exact) mass is 336 g/mol. The highest BCUT2D eigenvalue weighted by Crippen LogP contribution is 2.11. The van der Waals surface area contributed by atoms with Crippen LogP contribution in [0.3, 0.4) is 0 Å². The average molecular weight is 336 g/mol. The summed E-state index contributed by atoms with van der Waals surface area (Å²) in [7, 11) is 0. The van der Waals surface area contributed by atoms with Crippen molar-refractivity contribution in [1.29, 1.82) is 0 Å². The number of benzene rings is 2. The first-order valence-corrected chi connectivity index (χ1v) is 7.85. The number of halogens is 1. The second kappa shape index (κ2) is 8.01. The molecule has 126 valence electrons. The third kappa shape index (κ3) is 4.84. The number of nitrogens with zero attached hydrogens (tertiary/aromatic N) is 2. The number of aromatic nitrogens is 2. The van der Waals surface area contributed by atoms with Crippen LogP contribution in [0.5, 0.6) is 0 Å². The van der Waals surface area contributed by atoms with Crippen LogP contribution < -0.4 is 10.6 Å². The molecule has 2 N–H and O–H groups in total. The van der Waals surface area contributed by atoms with Crippen molar-refractivity contribution in [2.75, 3.05) is 10.6 Å². The lowest BCUT2D eigenvalue weighted by atomic mass is 10.1. The summed E-state index contributed by atoms with van der Waals surface area (Å²) < 4.78 is 13.6. The summed E-state index contributed by atoms with van der Waals surface area (Å²) in [5.41, 5.74) is 1.47. The van der Waals surface area contributed by atoms with Crippen LogP contribution in [0.2, 0.25) is 0 Å². The van der Waals surface area contributed by atoms with E-state index in [0.29, 0.717) is 23.7 Å². The summed E-state index contributed by atoms with van der Waals surface area (Å²) in [5.74, 6) is 0.446. The lowest BCUT2D eigenvalue weighted by molar-refractivity contribution is -0.115. The second-order valence-corrected chi connectivity index (χ2v) is 5.46. The number of carbonyl (C=O) groups excluding carboxylic acids is 1. The molecule has 3 aromatic rings. The van der Waals surface area contributed by atoms with E-state index >= 15 is 0 Å². The van der Waals surface area contributed by atoms with Crippen molar-refractivity contribution in [3.05, 3.63) is 83.7 Å². The van der Waals surface area contributed by atoms with Crippen molar-refractivity contribution < 1.29 is 9.18 Å². The fourth-order valence-corrected chi connectivity index (χ4v) is 2.29. The molecule has 5 nitrogen and oxygen atoms in total. The highest BCUT2D eigenvalue weighted by atomic mass is 19.1. The number of carbonyl (C=O) groups is 1. The Kier molecular flexibility index (Phi) is 5.31. The molecule has 0 atom stereocenters. The molecule has 0 radical (unpaired) electrons. The van der Waals surface area contributed by atoms with Gasteiger partial charge in [0.25, 0.3) is 0 Å². The maximum atomic E-state index is 13.6. The van der Waals surface area contributed by atoms with Crippen LogP contribution in [0.25, 0.3) is 0 Å². The zero-order chi connectivity index (χ0) is 17.5. The third-order valence-electron chi connectivity index (χ3n) is 3.56. The van der Waals surface area contributed by atoms with Crippen molar-refractivity contribution in [3.63, 3.8) is 0 Å². The van der Waals surface area contributed by atoms with Gasteiger partial charge >= 0.3 is 0 Å². The smallest absolute Gasteiger partial charge is 0.229 e. The Morgan fingerprint density at radius 3 is 2.28 bits per heavy atom. The first-order chi connectivity index (χ1) is 12.2. The van der Waals surface area contributed by atoms with Gasteiger partial charge in [0, 0.05) is 12.1 Å². The molecule has 0 spiro atoms. The van der Waals surface area contributed by atoms with E-state index in [-0.39, 0.29) is 18.1 Å². The SMILES string of the molecule is O=C(Cc1ccccc1)Nc1ccc(NCc2ccccc2F)nn1. The van der Waals surface area contributed by atoms with Gasteiger partial charge in [0.2, 0.25) is 5.91 Å². The van der Waals surface area contributed by atoms with Gasteiger partial charge in [-0.25, -0.2) is 4.39 Å². The maximum absolute atomic E-state index is 13.6. The molecule has 0 fully saturated rings. The van der Waals surface area contributed by atoms with E-state index in [1.165, 1.54) is 6.07 Å². The van der Waals surface area contributed by atoms with Crippen LogP contribution in [0.15, 0.2) is 66.7 Å². The van der Waals surface area contributed by atoms with Gasteiger partial charge in [-0.3, -0.25) is 4.79 Å². The third-order valence-corrected chi connectivity index (χ3v) is 3.56. The van der Waals surface area contributed by atoms with E-state index in [2.05, 4.69) is 20.8 Å². The Labute approximate surface area is 144 Å². The fourth-order valence-electron chi connectivity index (χ4n) is 2.29. The predicted octanol–water partition coefficient (Wildman–Crippen LogP) is 3.41. The van der Waals surface area contributed by atoms with Crippen LogP contribution in [0.1, 0.15) is 11.1 Å². The molecule has 0 aliphatic rings. The minimum Gasteiger partial charge on any atom is -0.364 e. The van der Waals surface area contributed by atoms with Crippen molar-refractivity contribution in [2.24, 2.45) is 0 Å². The number of hydrogen-bond donors (Lipinski definition) is 2. The molecule has 1 aromatic heterocycles. The second-order valence-electron chi connectivity index (χ2n) is 5.46. The van der Waals surface area contributed by atoms with E-state index < -0.39 is 0 Å². The Bertz CT molecular complexity index is 838. The summed E-state index contributed by atoms with van der Waals surface area (Å²) in [5, 5.41) is 13.6. The zero-order valence-electron chi connectivity index (χ0n) is 13.4.